The van der Waals surface area contributed by atoms with Gasteiger partial charge >= 0.3 is 11.9 Å². The molecule has 1 fully saturated rings. The molecule has 0 aliphatic carbocycles. The van der Waals surface area contributed by atoms with Crippen molar-refractivity contribution >= 4 is 53.6 Å². The van der Waals surface area contributed by atoms with Gasteiger partial charge in [-0.3, -0.25) is 9.59 Å². The van der Waals surface area contributed by atoms with E-state index < -0.39 is 33.6 Å². The molecule has 0 unspecified atom stereocenters. The fraction of sp³-hybridized carbons (Fsp3) is 0.300. The number of carbonyl (C=O) groups is 2. The van der Waals surface area contributed by atoms with Gasteiger partial charge in [-0.15, -0.1) is 0 Å². The first-order valence-electron chi connectivity index (χ1n) is 8.83. The molecular weight excluding hydrogens is 528 g/mol. The Morgan fingerprint density at radius 1 is 0.759 bits per heavy atom. The number of benzene rings is 2. The van der Waals surface area contributed by atoms with Gasteiger partial charge in [0.05, 0.1) is 24.3 Å². The number of halogens is 2. The molecule has 0 N–H and O–H groups in total. The van der Waals surface area contributed by atoms with Crippen LogP contribution in [0.1, 0.15) is 12.8 Å². The van der Waals surface area contributed by atoms with Crippen molar-refractivity contribution in [1.29, 1.82) is 0 Å². The molecule has 0 amide bonds. The minimum absolute atomic E-state index is 0.0779. The highest BCUT2D eigenvalue weighted by Gasteiger charge is 2.40. The van der Waals surface area contributed by atoms with Crippen LogP contribution in [0.3, 0.4) is 0 Å². The highest BCUT2D eigenvalue weighted by molar-refractivity contribution is 9.10. The molecule has 0 bridgehead atoms. The third kappa shape index (κ3) is 6.65. The van der Waals surface area contributed by atoms with Crippen molar-refractivity contribution in [2.45, 2.75) is 12.8 Å². The summed E-state index contributed by atoms with van der Waals surface area (Å²) >= 11 is 6.60. The molecule has 3 rings (SSSR count). The van der Waals surface area contributed by atoms with Gasteiger partial charge in [-0.25, -0.2) is 8.42 Å². The van der Waals surface area contributed by atoms with Crippen LogP contribution in [-0.2, 0) is 19.4 Å². The zero-order chi connectivity index (χ0) is 21.0. The molecule has 0 spiro atoms. The van der Waals surface area contributed by atoms with E-state index in [1.54, 1.807) is 48.5 Å². The number of carbonyl (C=O) groups excluding carboxylic acids is 2. The Balaban J connectivity index is 1.60. The summed E-state index contributed by atoms with van der Waals surface area (Å²) in [6, 6.07) is 13.5. The summed E-state index contributed by atoms with van der Waals surface area (Å²) in [5.41, 5.74) is 0. The molecule has 29 heavy (non-hydrogen) atoms. The van der Waals surface area contributed by atoms with E-state index in [0.29, 0.717) is 11.5 Å². The Morgan fingerprint density at radius 3 is 1.45 bits per heavy atom. The van der Waals surface area contributed by atoms with Crippen molar-refractivity contribution < 1.29 is 27.5 Å². The van der Waals surface area contributed by atoms with Crippen LogP contribution in [0.15, 0.2) is 57.5 Å². The number of ether oxygens (including phenoxy) is 2. The highest BCUT2D eigenvalue weighted by atomic mass is 79.9. The Kier molecular flexibility index (Phi) is 7.13. The van der Waals surface area contributed by atoms with Gasteiger partial charge in [-0.05, 0) is 60.4 Å². The van der Waals surface area contributed by atoms with Crippen LogP contribution < -0.4 is 9.47 Å². The summed E-state index contributed by atoms with van der Waals surface area (Å²) in [5, 5.41) is 0. The second kappa shape index (κ2) is 9.40. The number of esters is 2. The molecule has 9 heteroatoms. The van der Waals surface area contributed by atoms with E-state index in [1.807, 2.05) is 0 Å². The smallest absolute Gasteiger partial charge is 0.311 e. The quantitative estimate of drug-likeness (QED) is 0.400. The molecule has 0 saturated carbocycles. The average Bonchev–Trinajstić information content (AvgIpc) is 2.91. The minimum atomic E-state index is -3.32. The van der Waals surface area contributed by atoms with Crippen molar-refractivity contribution in [1.82, 2.24) is 0 Å². The van der Waals surface area contributed by atoms with Gasteiger partial charge in [0, 0.05) is 8.95 Å². The van der Waals surface area contributed by atoms with Crippen molar-refractivity contribution in [3.05, 3.63) is 57.5 Å². The summed E-state index contributed by atoms with van der Waals surface area (Å²) < 4.78 is 36.5. The van der Waals surface area contributed by atoms with Crippen LogP contribution in [0, 0.1) is 11.8 Å². The van der Waals surface area contributed by atoms with Crippen molar-refractivity contribution in [3.8, 4) is 11.5 Å². The molecule has 2 aromatic carbocycles. The Labute approximate surface area is 185 Å². The Bertz CT molecular complexity index is 911. The van der Waals surface area contributed by atoms with Crippen LogP contribution in [0.25, 0.3) is 0 Å². The first-order valence-corrected chi connectivity index (χ1v) is 12.2. The van der Waals surface area contributed by atoms with Crippen molar-refractivity contribution in [2.75, 3.05) is 11.5 Å². The maximum absolute atomic E-state index is 12.3. The lowest BCUT2D eigenvalue weighted by molar-refractivity contribution is -0.138. The molecule has 2 aromatic rings. The van der Waals surface area contributed by atoms with Gasteiger partial charge in [0.1, 0.15) is 11.5 Å². The molecule has 6 nitrogen and oxygen atoms in total. The van der Waals surface area contributed by atoms with Gasteiger partial charge < -0.3 is 9.47 Å². The van der Waals surface area contributed by atoms with E-state index >= 15 is 0 Å². The number of rotatable bonds is 6. The first-order chi connectivity index (χ1) is 13.7. The van der Waals surface area contributed by atoms with Crippen LogP contribution in [0.5, 0.6) is 11.5 Å². The first kappa shape index (κ1) is 22.0. The van der Waals surface area contributed by atoms with E-state index in [9.17, 15) is 18.0 Å². The van der Waals surface area contributed by atoms with Crippen molar-refractivity contribution in [2.24, 2.45) is 11.8 Å². The largest absolute Gasteiger partial charge is 0.427 e. The third-order valence-corrected chi connectivity index (χ3v) is 7.48. The summed E-state index contributed by atoms with van der Waals surface area (Å²) in [4.78, 5) is 24.5. The van der Waals surface area contributed by atoms with Gasteiger partial charge in [0.25, 0.3) is 0 Å². The van der Waals surface area contributed by atoms with Crippen LogP contribution in [0.4, 0.5) is 0 Å². The van der Waals surface area contributed by atoms with Crippen LogP contribution >= 0.6 is 31.9 Å². The normalized spacial score (nSPS) is 20.2. The van der Waals surface area contributed by atoms with Gasteiger partial charge in [-0.2, -0.15) is 0 Å². The molecule has 2 atom stereocenters. The molecule has 1 heterocycles. The second-order valence-electron chi connectivity index (χ2n) is 6.86. The average molecular weight is 546 g/mol. The van der Waals surface area contributed by atoms with Crippen LogP contribution in [0.2, 0.25) is 0 Å². The molecule has 0 aromatic heterocycles. The summed E-state index contributed by atoms with van der Waals surface area (Å²) in [6.45, 7) is 0. The van der Waals surface area contributed by atoms with E-state index in [1.165, 1.54) is 0 Å². The number of hydrogen-bond acceptors (Lipinski definition) is 6. The molecule has 1 saturated heterocycles. The predicted octanol–water partition coefficient (Wildman–Crippen LogP) is 4.16. The number of hydrogen-bond donors (Lipinski definition) is 0. The lowest BCUT2D eigenvalue weighted by Crippen LogP contribution is -2.23. The zero-order valence-electron chi connectivity index (χ0n) is 15.2. The standard InChI is InChI=1S/C20H18Br2O6S/c21-15-1-5-17(6-2-15)27-19(23)9-13-11-29(25,26)12-14(13)10-20(24)28-18-7-3-16(22)4-8-18/h1-8,13-14H,9-12H2/t13-,14-/m1/s1. The maximum atomic E-state index is 12.3. The second-order valence-corrected chi connectivity index (χ2v) is 10.8. The molecule has 1 aliphatic rings. The fourth-order valence-electron chi connectivity index (χ4n) is 3.22. The van der Waals surface area contributed by atoms with Crippen LogP contribution in [-0.4, -0.2) is 31.9 Å². The molecule has 154 valence electrons. The van der Waals surface area contributed by atoms with E-state index in [-0.39, 0.29) is 24.3 Å². The summed E-state index contributed by atoms with van der Waals surface area (Å²) in [5.74, 6) is -1.55. The topological polar surface area (TPSA) is 86.7 Å². The summed E-state index contributed by atoms with van der Waals surface area (Å²) in [7, 11) is -3.32. The van der Waals surface area contributed by atoms with Gasteiger partial charge in [0.15, 0.2) is 9.84 Å². The summed E-state index contributed by atoms with van der Waals surface area (Å²) in [6.07, 6.45) is -0.156. The highest BCUT2D eigenvalue weighted by Crippen LogP contribution is 2.32. The Morgan fingerprint density at radius 2 is 1.10 bits per heavy atom. The van der Waals surface area contributed by atoms with E-state index in [2.05, 4.69) is 31.9 Å². The maximum Gasteiger partial charge on any atom is 0.311 e. The molecular formula is C20H18Br2O6S. The van der Waals surface area contributed by atoms with E-state index in [4.69, 9.17) is 9.47 Å². The third-order valence-electron chi connectivity index (χ3n) is 4.55. The SMILES string of the molecule is O=C(C[C@@H]1CS(=O)(=O)C[C@H]1CC(=O)Oc1ccc(Br)cc1)Oc1ccc(Br)cc1. The molecule has 0 radical (unpaired) electrons. The zero-order valence-corrected chi connectivity index (χ0v) is 19.2. The number of sulfone groups is 1. The lowest BCUT2D eigenvalue weighted by Gasteiger charge is -2.16. The van der Waals surface area contributed by atoms with Gasteiger partial charge in [0.2, 0.25) is 0 Å². The minimum Gasteiger partial charge on any atom is -0.427 e. The molecule has 1 aliphatic heterocycles. The monoisotopic (exact) mass is 544 g/mol. The fourth-order valence-corrected chi connectivity index (χ4v) is 5.97. The van der Waals surface area contributed by atoms with Gasteiger partial charge in [-0.1, -0.05) is 31.9 Å². The Hall–Kier alpha value is -1.71. The predicted molar refractivity (Wildman–Crippen MR) is 114 cm³/mol. The van der Waals surface area contributed by atoms with Crippen molar-refractivity contribution in [3.63, 3.8) is 0 Å². The van der Waals surface area contributed by atoms with E-state index in [0.717, 1.165) is 8.95 Å². The lowest BCUT2D eigenvalue weighted by atomic mass is 9.90.